The van der Waals surface area contributed by atoms with Crippen LogP contribution in [0.3, 0.4) is 0 Å². The van der Waals surface area contributed by atoms with Gasteiger partial charge in [-0.3, -0.25) is 9.59 Å². The van der Waals surface area contributed by atoms with Crippen LogP contribution in [0.25, 0.3) is 10.9 Å². The summed E-state index contributed by atoms with van der Waals surface area (Å²) in [6.45, 7) is 2.40. The zero-order chi connectivity index (χ0) is 23.2. The van der Waals surface area contributed by atoms with Crippen molar-refractivity contribution in [1.29, 1.82) is 0 Å². The maximum atomic E-state index is 13.8. The van der Waals surface area contributed by atoms with Crippen LogP contribution in [0.1, 0.15) is 21.2 Å². The molecule has 0 bridgehead atoms. The molecule has 6 nitrogen and oxygen atoms in total. The zero-order valence-corrected chi connectivity index (χ0v) is 19.3. The standard InChI is InChI=1S/C27H24N4O2S/c28-26(32)20-8-9-24-23(13-20)31(16-17-14-30(15-17)21-4-2-1-3-5-21)27(33)25(34-24)19-7-6-18-10-11-29-22(18)12-19/h1-13,17,25,29H,14-16H2,(H2,28,32). The molecule has 2 aliphatic rings. The fourth-order valence-corrected chi connectivity index (χ4v) is 6.04. The van der Waals surface area contributed by atoms with Crippen LogP contribution in [0.2, 0.25) is 0 Å². The largest absolute Gasteiger partial charge is 0.371 e. The number of thioether (sulfide) groups is 1. The topological polar surface area (TPSA) is 82.4 Å². The summed E-state index contributed by atoms with van der Waals surface area (Å²) >= 11 is 1.54. The highest BCUT2D eigenvalue weighted by atomic mass is 32.2. The Balaban J connectivity index is 1.31. The summed E-state index contributed by atoms with van der Waals surface area (Å²) in [4.78, 5) is 34.1. The van der Waals surface area contributed by atoms with Gasteiger partial charge in [-0.05, 0) is 53.4 Å². The fraction of sp³-hybridized carbons (Fsp3) is 0.185. The summed E-state index contributed by atoms with van der Waals surface area (Å²) in [6, 6.07) is 23.9. The van der Waals surface area contributed by atoms with Crippen LogP contribution in [0, 0.1) is 5.92 Å². The molecule has 0 spiro atoms. The van der Waals surface area contributed by atoms with Crippen molar-refractivity contribution in [1.82, 2.24) is 4.98 Å². The number of carbonyl (C=O) groups excluding carboxylic acids is 2. The van der Waals surface area contributed by atoms with Gasteiger partial charge in [-0.15, -0.1) is 11.8 Å². The zero-order valence-electron chi connectivity index (χ0n) is 18.5. The lowest BCUT2D eigenvalue weighted by Gasteiger charge is -2.44. The number of rotatable bonds is 5. The Morgan fingerprint density at radius 3 is 2.65 bits per heavy atom. The third-order valence-corrected chi connectivity index (χ3v) is 7.98. The monoisotopic (exact) mass is 468 g/mol. The Bertz CT molecular complexity index is 1390. The van der Waals surface area contributed by atoms with E-state index < -0.39 is 5.91 Å². The number of anilines is 2. The van der Waals surface area contributed by atoms with E-state index in [0.29, 0.717) is 18.0 Å². The molecule has 1 unspecified atom stereocenters. The molecule has 3 heterocycles. The Hall–Kier alpha value is -3.71. The summed E-state index contributed by atoms with van der Waals surface area (Å²) in [5, 5.41) is 0.778. The maximum Gasteiger partial charge on any atom is 0.248 e. The molecule has 3 N–H and O–H groups in total. The number of carbonyl (C=O) groups is 2. The molecule has 4 aromatic rings. The first-order chi connectivity index (χ1) is 16.6. The van der Waals surface area contributed by atoms with Gasteiger partial charge in [0.1, 0.15) is 5.25 Å². The molecule has 3 aromatic carbocycles. The lowest BCUT2D eigenvalue weighted by Crippen LogP contribution is -2.53. The number of aromatic nitrogens is 1. The Morgan fingerprint density at radius 1 is 1.03 bits per heavy atom. The van der Waals surface area contributed by atoms with Crippen molar-refractivity contribution in [2.45, 2.75) is 10.1 Å². The average Bonchev–Trinajstić information content (AvgIpc) is 3.30. The van der Waals surface area contributed by atoms with E-state index in [-0.39, 0.29) is 11.2 Å². The maximum absolute atomic E-state index is 13.8. The SMILES string of the molecule is NC(=O)c1ccc2c(c1)N(CC1CN(c3ccccc3)C1)C(=O)C(c1ccc3cc[nH]c3c1)S2. The van der Waals surface area contributed by atoms with Crippen LogP contribution in [-0.4, -0.2) is 36.4 Å². The number of nitrogens with one attached hydrogen (secondary N) is 1. The molecule has 0 aliphatic carbocycles. The van der Waals surface area contributed by atoms with E-state index in [0.717, 1.165) is 40.1 Å². The Kier molecular flexibility index (Phi) is 5.07. The van der Waals surface area contributed by atoms with Gasteiger partial charge in [0.2, 0.25) is 11.8 Å². The number of hydrogen-bond acceptors (Lipinski definition) is 4. The summed E-state index contributed by atoms with van der Waals surface area (Å²) in [7, 11) is 0. The number of para-hydroxylation sites is 1. The summed E-state index contributed by atoms with van der Waals surface area (Å²) < 4.78 is 0. The van der Waals surface area contributed by atoms with E-state index in [9.17, 15) is 9.59 Å². The van der Waals surface area contributed by atoms with Crippen molar-refractivity contribution in [2.24, 2.45) is 11.7 Å². The number of fused-ring (bicyclic) bond motifs is 2. The molecule has 1 atom stereocenters. The second-order valence-electron chi connectivity index (χ2n) is 8.92. The molecule has 1 saturated heterocycles. The first kappa shape index (κ1) is 20.9. The molecular formula is C27H24N4O2S. The van der Waals surface area contributed by atoms with Crippen molar-refractivity contribution in [3.63, 3.8) is 0 Å². The quantitative estimate of drug-likeness (QED) is 0.449. The first-order valence-corrected chi connectivity index (χ1v) is 12.2. The number of primary amides is 1. The van der Waals surface area contributed by atoms with Crippen LogP contribution in [0.5, 0.6) is 0 Å². The summed E-state index contributed by atoms with van der Waals surface area (Å²) in [5.41, 5.74) is 9.94. The van der Waals surface area contributed by atoms with E-state index in [1.165, 1.54) is 17.4 Å². The van der Waals surface area contributed by atoms with Crippen LogP contribution in [-0.2, 0) is 4.79 Å². The van der Waals surface area contributed by atoms with Crippen molar-refractivity contribution in [3.8, 4) is 0 Å². The number of nitrogens with two attached hydrogens (primary N) is 1. The van der Waals surface area contributed by atoms with Crippen LogP contribution >= 0.6 is 11.8 Å². The molecule has 6 rings (SSSR count). The van der Waals surface area contributed by atoms with Crippen molar-refractivity contribution < 1.29 is 9.59 Å². The Labute approximate surface area is 201 Å². The van der Waals surface area contributed by atoms with E-state index >= 15 is 0 Å². The molecule has 170 valence electrons. The highest BCUT2D eigenvalue weighted by Crippen LogP contribution is 2.47. The number of hydrogen-bond donors (Lipinski definition) is 2. The predicted octanol–water partition coefficient (Wildman–Crippen LogP) is 4.58. The number of amides is 2. The second-order valence-corrected chi connectivity index (χ2v) is 10.1. The van der Waals surface area contributed by atoms with Gasteiger partial charge >= 0.3 is 0 Å². The number of aromatic amines is 1. The van der Waals surface area contributed by atoms with Crippen molar-refractivity contribution in [3.05, 3.63) is 90.1 Å². The van der Waals surface area contributed by atoms with E-state index in [1.54, 1.807) is 12.1 Å². The minimum absolute atomic E-state index is 0.0446. The lowest BCUT2D eigenvalue weighted by atomic mass is 9.97. The van der Waals surface area contributed by atoms with Gasteiger partial charge in [-0.2, -0.15) is 0 Å². The van der Waals surface area contributed by atoms with Gasteiger partial charge in [0.25, 0.3) is 0 Å². The second kappa shape index (κ2) is 8.25. The fourth-order valence-electron chi connectivity index (χ4n) is 4.84. The first-order valence-electron chi connectivity index (χ1n) is 11.4. The van der Waals surface area contributed by atoms with Crippen LogP contribution in [0.4, 0.5) is 11.4 Å². The van der Waals surface area contributed by atoms with E-state index in [2.05, 4.69) is 34.1 Å². The predicted molar refractivity (Wildman–Crippen MR) is 136 cm³/mol. The molecule has 2 aliphatic heterocycles. The van der Waals surface area contributed by atoms with Crippen LogP contribution in [0.15, 0.2) is 83.9 Å². The normalized spacial score (nSPS) is 18.1. The third-order valence-electron chi connectivity index (χ3n) is 6.67. The van der Waals surface area contributed by atoms with Gasteiger partial charge in [-0.25, -0.2) is 0 Å². The van der Waals surface area contributed by atoms with Crippen molar-refractivity contribution >= 4 is 45.9 Å². The molecular weight excluding hydrogens is 444 g/mol. The lowest BCUT2D eigenvalue weighted by molar-refractivity contribution is -0.118. The van der Waals surface area contributed by atoms with E-state index in [1.807, 2.05) is 47.5 Å². The minimum Gasteiger partial charge on any atom is -0.371 e. The number of H-pyrrole nitrogens is 1. The van der Waals surface area contributed by atoms with Gasteiger partial charge in [0.15, 0.2) is 0 Å². The smallest absolute Gasteiger partial charge is 0.248 e. The summed E-state index contributed by atoms with van der Waals surface area (Å²) in [6.07, 6.45) is 1.91. The molecule has 7 heteroatoms. The highest BCUT2D eigenvalue weighted by Gasteiger charge is 2.38. The molecule has 0 saturated carbocycles. The average molecular weight is 469 g/mol. The number of benzene rings is 3. The molecule has 1 fully saturated rings. The number of nitrogens with zero attached hydrogens (tertiary/aromatic N) is 2. The van der Waals surface area contributed by atoms with Gasteiger partial charge in [0, 0.05) is 53.4 Å². The van der Waals surface area contributed by atoms with Crippen molar-refractivity contribution in [2.75, 3.05) is 29.4 Å². The van der Waals surface area contributed by atoms with E-state index in [4.69, 9.17) is 5.73 Å². The van der Waals surface area contributed by atoms with Gasteiger partial charge in [-0.1, -0.05) is 30.3 Å². The molecule has 34 heavy (non-hydrogen) atoms. The summed E-state index contributed by atoms with van der Waals surface area (Å²) in [5.74, 6) is -0.0921. The van der Waals surface area contributed by atoms with Gasteiger partial charge < -0.3 is 20.5 Å². The molecule has 1 aromatic heterocycles. The Morgan fingerprint density at radius 2 is 1.85 bits per heavy atom. The highest BCUT2D eigenvalue weighted by molar-refractivity contribution is 8.00. The minimum atomic E-state index is -0.488. The molecule has 0 radical (unpaired) electrons. The third kappa shape index (κ3) is 3.62. The van der Waals surface area contributed by atoms with Gasteiger partial charge in [0.05, 0.1) is 5.69 Å². The molecule has 2 amide bonds. The van der Waals surface area contributed by atoms with Crippen LogP contribution < -0.4 is 15.5 Å².